The van der Waals surface area contributed by atoms with E-state index in [1.165, 1.54) is 0 Å². The molecule has 2 aromatic carbocycles. The molecule has 2 aromatic rings. The lowest BCUT2D eigenvalue weighted by atomic mass is 9.81. The highest BCUT2D eigenvalue weighted by atomic mass is 16.5. The molecule has 0 aromatic heterocycles. The zero-order valence-electron chi connectivity index (χ0n) is 15.1. The van der Waals surface area contributed by atoms with Crippen LogP contribution in [0.3, 0.4) is 0 Å². The number of rotatable bonds is 3. The summed E-state index contributed by atoms with van der Waals surface area (Å²) in [5, 5.41) is 0. The van der Waals surface area contributed by atoms with Crippen molar-refractivity contribution in [2.75, 3.05) is 31.6 Å². The van der Waals surface area contributed by atoms with Crippen molar-refractivity contribution >= 4 is 17.5 Å². The van der Waals surface area contributed by atoms with E-state index in [1.54, 1.807) is 16.8 Å². The predicted octanol–water partition coefficient (Wildman–Crippen LogP) is 2.52. The smallest absolute Gasteiger partial charge is 0.260 e. The molecule has 2 aliphatic heterocycles. The first-order valence-corrected chi connectivity index (χ1v) is 8.86. The molecule has 4 rings (SSSR count). The van der Waals surface area contributed by atoms with Gasteiger partial charge in [-0.25, -0.2) is 0 Å². The van der Waals surface area contributed by atoms with Gasteiger partial charge in [-0.3, -0.25) is 9.59 Å². The number of anilines is 1. The van der Waals surface area contributed by atoms with Crippen molar-refractivity contribution in [2.24, 2.45) is 0 Å². The van der Waals surface area contributed by atoms with Gasteiger partial charge >= 0.3 is 0 Å². The number of fused-ring (bicyclic) bond motifs is 2. The van der Waals surface area contributed by atoms with Crippen molar-refractivity contribution in [1.82, 2.24) is 4.90 Å². The van der Waals surface area contributed by atoms with E-state index < -0.39 is 5.41 Å². The van der Waals surface area contributed by atoms with Crippen LogP contribution in [0.4, 0.5) is 5.69 Å². The molecule has 26 heavy (non-hydrogen) atoms. The number of amides is 2. The maximum absolute atomic E-state index is 12.9. The SMILES string of the molecule is Cc1cccc(OCC(=O)N2CC[C@]3(C2)C(=O)N(C)c2ccccc23)c1. The van der Waals surface area contributed by atoms with E-state index in [4.69, 9.17) is 4.74 Å². The maximum atomic E-state index is 12.9. The van der Waals surface area contributed by atoms with Crippen molar-refractivity contribution in [2.45, 2.75) is 18.8 Å². The molecule has 2 heterocycles. The first-order valence-electron chi connectivity index (χ1n) is 8.86. The summed E-state index contributed by atoms with van der Waals surface area (Å²) in [6, 6.07) is 15.5. The van der Waals surface area contributed by atoms with Gasteiger partial charge in [0.15, 0.2) is 6.61 Å². The number of ether oxygens (including phenoxy) is 1. The first kappa shape index (κ1) is 16.6. The van der Waals surface area contributed by atoms with E-state index in [0.717, 1.165) is 16.8 Å². The molecule has 2 aliphatic rings. The number of aryl methyl sites for hydroxylation is 1. The minimum absolute atomic E-state index is 0.00872. The number of para-hydroxylation sites is 1. The van der Waals surface area contributed by atoms with E-state index in [-0.39, 0.29) is 18.4 Å². The highest BCUT2D eigenvalue weighted by molar-refractivity contribution is 6.08. The third-order valence-corrected chi connectivity index (χ3v) is 5.47. The van der Waals surface area contributed by atoms with E-state index in [0.29, 0.717) is 25.3 Å². The fourth-order valence-electron chi connectivity index (χ4n) is 4.07. The Morgan fingerprint density at radius 3 is 2.81 bits per heavy atom. The molecule has 5 heteroatoms. The van der Waals surface area contributed by atoms with Crippen LogP contribution in [0, 0.1) is 6.92 Å². The molecule has 134 valence electrons. The molecule has 0 radical (unpaired) electrons. The van der Waals surface area contributed by atoms with Crippen LogP contribution in [0.15, 0.2) is 48.5 Å². The Kier molecular flexibility index (Phi) is 3.94. The average Bonchev–Trinajstić information content (AvgIpc) is 3.18. The van der Waals surface area contributed by atoms with E-state index in [2.05, 4.69) is 0 Å². The van der Waals surface area contributed by atoms with Crippen LogP contribution in [0.25, 0.3) is 0 Å². The number of carbonyl (C=O) groups is 2. The van der Waals surface area contributed by atoms with Gasteiger partial charge in [0, 0.05) is 25.8 Å². The van der Waals surface area contributed by atoms with Crippen LogP contribution in [0.1, 0.15) is 17.5 Å². The van der Waals surface area contributed by atoms with Crippen molar-refractivity contribution in [3.8, 4) is 5.75 Å². The molecule has 0 bridgehead atoms. The average molecular weight is 350 g/mol. The monoisotopic (exact) mass is 350 g/mol. The molecule has 1 atom stereocenters. The van der Waals surface area contributed by atoms with Gasteiger partial charge in [-0.05, 0) is 42.7 Å². The van der Waals surface area contributed by atoms with Crippen LogP contribution in [-0.4, -0.2) is 43.5 Å². The molecule has 0 saturated carbocycles. The van der Waals surface area contributed by atoms with Crippen LogP contribution in [0.2, 0.25) is 0 Å². The number of likely N-dealkylation sites (N-methyl/N-ethyl adjacent to an activating group) is 1. The Balaban J connectivity index is 1.48. The summed E-state index contributed by atoms with van der Waals surface area (Å²) < 4.78 is 5.64. The van der Waals surface area contributed by atoms with Gasteiger partial charge in [0.05, 0.1) is 5.41 Å². The molecule has 1 fully saturated rings. The largest absolute Gasteiger partial charge is 0.484 e. The Labute approximate surface area is 153 Å². The first-order chi connectivity index (χ1) is 12.5. The normalized spacial score (nSPS) is 21.4. The molecule has 0 aliphatic carbocycles. The number of likely N-dealkylation sites (tertiary alicyclic amines) is 1. The van der Waals surface area contributed by atoms with Gasteiger partial charge in [-0.1, -0.05) is 30.3 Å². The minimum atomic E-state index is -0.607. The number of carbonyl (C=O) groups excluding carboxylic acids is 2. The molecule has 0 unspecified atom stereocenters. The fourth-order valence-corrected chi connectivity index (χ4v) is 4.07. The Morgan fingerprint density at radius 1 is 1.19 bits per heavy atom. The fraction of sp³-hybridized carbons (Fsp3) is 0.333. The molecular weight excluding hydrogens is 328 g/mol. The summed E-state index contributed by atoms with van der Waals surface area (Å²) in [6.45, 7) is 2.97. The third kappa shape index (κ3) is 2.55. The van der Waals surface area contributed by atoms with Crippen LogP contribution < -0.4 is 9.64 Å². The van der Waals surface area contributed by atoms with Crippen molar-refractivity contribution in [3.05, 3.63) is 59.7 Å². The lowest BCUT2D eigenvalue weighted by molar-refractivity contribution is -0.132. The highest BCUT2D eigenvalue weighted by Gasteiger charge is 2.54. The third-order valence-electron chi connectivity index (χ3n) is 5.47. The topological polar surface area (TPSA) is 49.9 Å². The summed E-state index contributed by atoms with van der Waals surface area (Å²) in [5.41, 5.74) is 2.46. The summed E-state index contributed by atoms with van der Waals surface area (Å²) in [4.78, 5) is 29.0. The van der Waals surface area contributed by atoms with Crippen LogP contribution >= 0.6 is 0 Å². The van der Waals surface area contributed by atoms with Crippen LogP contribution in [-0.2, 0) is 15.0 Å². The second kappa shape index (κ2) is 6.16. The second-order valence-electron chi connectivity index (χ2n) is 7.13. The van der Waals surface area contributed by atoms with E-state index in [1.807, 2.05) is 55.5 Å². The van der Waals surface area contributed by atoms with E-state index in [9.17, 15) is 9.59 Å². The van der Waals surface area contributed by atoms with Crippen molar-refractivity contribution in [1.29, 1.82) is 0 Å². The van der Waals surface area contributed by atoms with Gasteiger partial charge in [-0.15, -0.1) is 0 Å². The predicted molar refractivity (Wildman–Crippen MR) is 99.4 cm³/mol. The summed E-state index contributed by atoms with van der Waals surface area (Å²) in [5.74, 6) is 0.686. The summed E-state index contributed by atoms with van der Waals surface area (Å²) in [7, 11) is 1.81. The maximum Gasteiger partial charge on any atom is 0.260 e. The van der Waals surface area contributed by atoms with Gasteiger partial charge < -0.3 is 14.5 Å². The van der Waals surface area contributed by atoms with Crippen molar-refractivity contribution in [3.63, 3.8) is 0 Å². The van der Waals surface area contributed by atoms with Gasteiger partial charge in [-0.2, -0.15) is 0 Å². The number of benzene rings is 2. The van der Waals surface area contributed by atoms with Crippen molar-refractivity contribution < 1.29 is 14.3 Å². The Morgan fingerprint density at radius 2 is 2.00 bits per heavy atom. The summed E-state index contributed by atoms with van der Waals surface area (Å²) >= 11 is 0. The zero-order chi connectivity index (χ0) is 18.3. The lowest BCUT2D eigenvalue weighted by Crippen LogP contribution is -2.42. The minimum Gasteiger partial charge on any atom is -0.484 e. The number of hydrogen-bond acceptors (Lipinski definition) is 3. The molecule has 1 saturated heterocycles. The molecule has 2 amide bonds. The van der Waals surface area contributed by atoms with E-state index >= 15 is 0 Å². The second-order valence-corrected chi connectivity index (χ2v) is 7.13. The number of nitrogens with zero attached hydrogens (tertiary/aromatic N) is 2. The summed E-state index contributed by atoms with van der Waals surface area (Å²) in [6.07, 6.45) is 0.656. The number of hydrogen-bond donors (Lipinski definition) is 0. The van der Waals surface area contributed by atoms with Gasteiger partial charge in [0.2, 0.25) is 5.91 Å². The van der Waals surface area contributed by atoms with Gasteiger partial charge in [0.25, 0.3) is 5.91 Å². The lowest BCUT2D eigenvalue weighted by Gasteiger charge is -2.23. The quantitative estimate of drug-likeness (QED) is 0.855. The Hall–Kier alpha value is -2.82. The Bertz CT molecular complexity index is 879. The standard InChI is InChI=1S/C21H22N2O3/c1-15-6-5-7-16(12-15)26-13-19(24)23-11-10-21(14-23)17-8-3-4-9-18(17)22(2)20(21)25/h3-9,12H,10-11,13-14H2,1-2H3/t21-/m1/s1. The molecule has 5 nitrogen and oxygen atoms in total. The highest BCUT2D eigenvalue weighted by Crippen LogP contribution is 2.46. The zero-order valence-corrected chi connectivity index (χ0v) is 15.1. The molecule has 1 spiro atoms. The molecular formula is C21H22N2O3. The molecule has 0 N–H and O–H groups in total. The van der Waals surface area contributed by atoms with Crippen LogP contribution in [0.5, 0.6) is 5.75 Å². The van der Waals surface area contributed by atoms with Gasteiger partial charge in [0.1, 0.15) is 5.75 Å².